The van der Waals surface area contributed by atoms with Crippen LogP contribution >= 0.6 is 0 Å². The van der Waals surface area contributed by atoms with Crippen LogP contribution in [0.25, 0.3) is 0 Å². The first-order valence-corrected chi connectivity index (χ1v) is 8.01. The highest BCUT2D eigenvalue weighted by molar-refractivity contribution is 5.63. The Balaban J connectivity index is 1.52. The monoisotopic (exact) mass is 312 g/mol. The van der Waals surface area contributed by atoms with Crippen molar-refractivity contribution in [3.05, 3.63) is 30.6 Å². The summed E-state index contributed by atoms with van der Waals surface area (Å²) < 4.78 is 10.7. The first-order valence-electron chi connectivity index (χ1n) is 8.01. The molecule has 1 unspecified atom stereocenters. The molecule has 2 aromatic rings. The molecule has 0 amide bonds. The summed E-state index contributed by atoms with van der Waals surface area (Å²) >= 11 is 0. The molecule has 6 nitrogen and oxygen atoms in total. The van der Waals surface area contributed by atoms with Crippen LogP contribution in [-0.4, -0.2) is 29.9 Å². The Labute approximate surface area is 135 Å². The number of hydrogen-bond acceptors (Lipinski definition) is 6. The van der Waals surface area contributed by atoms with E-state index >= 15 is 0 Å². The van der Waals surface area contributed by atoms with Gasteiger partial charge in [0.1, 0.15) is 18.0 Å². The average Bonchev–Trinajstić information content (AvgIpc) is 3.03. The average molecular weight is 312 g/mol. The fourth-order valence-electron chi connectivity index (χ4n) is 3.11. The molecule has 4 rings (SSSR count). The second-order valence-corrected chi connectivity index (χ2v) is 6.15. The molecule has 120 valence electrons. The fraction of sp³-hybridized carbons (Fsp3) is 0.412. The molecule has 0 bridgehead atoms. The zero-order valence-electron chi connectivity index (χ0n) is 13.2. The molecule has 3 heterocycles. The van der Waals surface area contributed by atoms with Gasteiger partial charge in [-0.25, -0.2) is 9.97 Å². The Hall–Kier alpha value is -2.50. The van der Waals surface area contributed by atoms with Gasteiger partial charge in [0.2, 0.25) is 6.79 Å². The number of benzene rings is 1. The lowest BCUT2D eigenvalue weighted by atomic mass is 10.0. The topological polar surface area (TPSA) is 59.5 Å². The zero-order chi connectivity index (χ0) is 15.6. The quantitative estimate of drug-likeness (QED) is 0.939. The molecular weight excluding hydrogens is 292 g/mol. The number of anilines is 3. The van der Waals surface area contributed by atoms with Crippen LogP contribution in [0.1, 0.15) is 19.8 Å². The summed E-state index contributed by atoms with van der Waals surface area (Å²) in [5.41, 5.74) is 0.922. The smallest absolute Gasteiger partial charge is 0.231 e. The third-order valence-electron chi connectivity index (χ3n) is 4.28. The maximum Gasteiger partial charge on any atom is 0.231 e. The highest BCUT2D eigenvalue weighted by atomic mass is 16.7. The van der Waals surface area contributed by atoms with Crippen molar-refractivity contribution >= 4 is 17.3 Å². The SMILES string of the molecule is CC1CCCN(c2cc(Nc3ccc4c(c3)OCO4)ncn2)C1. The molecular formula is C17H20N4O2. The molecule has 6 heteroatoms. The predicted octanol–water partition coefficient (Wildman–Crippen LogP) is 3.19. The van der Waals surface area contributed by atoms with E-state index in [2.05, 4.69) is 27.1 Å². The van der Waals surface area contributed by atoms with Crippen molar-refractivity contribution in [2.75, 3.05) is 30.1 Å². The van der Waals surface area contributed by atoms with Crippen LogP contribution in [0.15, 0.2) is 30.6 Å². The van der Waals surface area contributed by atoms with Crippen molar-refractivity contribution in [2.24, 2.45) is 5.92 Å². The zero-order valence-corrected chi connectivity index (χ0v) is 13.2. The Morgan fingerprint density at radius 3 is 3.00 bits per heavy atom. The number of nitrogens with zero attached hydrogens (tertiary/aromatic N) is 3. The van der Waals surface area contributed by atoms with E-state index in [1.165, 1.54) is 12.8 Å². The second-order valence-electron chi connectivity index (χ2n) is 6.15. The Kier molecular flexibility index (Phi) is 3.65. The van der Waals surface area contributed by atoms with Gasteiger partial charge >= 0.3 is 0 Å². The molecule has 1 atom stereocenters. The van der Waals surface area contributed by atoms with Crippen molar-refractivity contribution in [3.63, 3.8) is 0 Å². The normalized spacial score (nSPS) is 19.7. The minimum Gasteiger partial charge on any atom is -0.454 e. The van der Waals surface area contributed by atoms with Gasteiger partial charge in [0.05, 0.1) is 0 Å². The number of piperidine rings is 1. The third kappa shape index (κ3) is 3.02. The van der Waals surface area contributed by atoms with Gasteiger partial charge in [-0.2, -0.15) is 0 Å². The van der Waals surface area contributed by atoms with E-state index in [1.807, 2.05) is 24.3 Å². The molecule has 0 saturated carbocycles. The maximum atomic E-state index is 5.40. The number of rotatable bonds is 3. The minimum atomic E-state index is 0.281. The maximum absolute atomic E-state index is 5.40. The van der Waals surface area contributed by atoms with E-state index in [0.717, 1.165) is 41.9 Å². The van der Waals surface area contributed by atoms with E-state index in [-0.39, 0.29) is 6.79 Å². The van der Waals surface area contributed by atoms with E-state index in [4.69, 9.17) is 9.47 Å². The molecule has 1 fully saturated rings. The van der Waals surface area contributed by atoms with Gasteiger partial charge in [-0.05, 0) is 30.9 Å². The van der Waals surface area contributed by atoms with Gasteiger partial charge in [-0.15, -0.1) is 0 Å². The van der Waals surface area contributed by atoms with Crippen molar-refractivity contribution in [2.45, 2.75) is 19.8 Å². The van der Waals surface area contributed by atoms with E-state index in [1.54, 1.807) is 6.33 Å². The van der Waals surface area contributed by atoms with Crippen molar-refractivity contribution in [1.82, 2.24) is 9.97 Å². The first-order chi connectivity index (χ1) is 11.3. The Morgan fingerprint density at radius 1 is 1.17 bits per heavy atom. The van der Waals surface area contributed by atoms with E-state index in [0.29, 0.717) is 5.92 Å². The van der Waals surface area contributed by atoms with E-state index in [9.17, 15) is 0 Å². The summed E-state index contributed by atoms with van der Waals surface area (Å²) in [6.07, 6.45) is 4.13. The van der Waals surface area contributed by atoms with Gasteiger partial charge in [0.25, 0.3) is 0 Å². The van der Waals surface area contributed by atoms with Crippen LogP contribution in [-0.2, 0) is 0 Å². The minimum absolute atomic E-state index is 0.281. The van der Waals surface area contributed by atoms with Crippen LogP contribution in [0, 0.1) is 5.92 Å². The number of ether oxygens (including phenoxy) is 2. The summed E-state index contributed by atoms with van der Waals surface area (Å²) in [4.78, 5) is 11.1. The lowest BCUT2D eigenvalue weighted by molar-refractivity contribution is 0.174. The summed E-state index contributed by atoms with van der Waals surface area (Å²) in [5.74, 6) is 4.02. The Bertz CT molecular complexity index is 707. The first kappa shape index (κ1) is 14.1. The predicted molar refractivity (Wildman–Crippen MR) is 88.5 cm³/mol. The van der Waals surface area contributed by atoms with Crippen LogP contribution in [0.4, 0.5) is 17.3 Å². The van der Waals surface area contributed by atoms with Gasteiger partial charge in [-0.3, -0.25) is 0 Å². The molecule has 1 N–H and O–H groups in total. The standard InChI is InChI=1S/C17H20N4O2/c1-12-3-2-6-21(9-12)17-8-16(18-10-19-17)20-13-4-5-14-15(7-13)23-11-22-14/h4-5,7-8,10,12H,2-3,6,9,11H2,1H3,(H,18,19,20). The summed E-state index contributed by atoms with van der Waals surface area (Å²) in [6, 6.07) is 7.78. The molecule has 0 spiro atoms. The number of nitrogens with one attached hydrogen (secondary N) is 1. The highest BCUT2D eigenvalue weighted by Crippen LogP contribution is 2.35. The molecule has 1 aromatic heterocycles. The van der Waals surface area contributed by atoms with Crippen molar-refractivity contribution in [3.8, 4) is 11.5 Å². The highest BCUT2D eigenvalue weighted by Gasteiger charge is 2.18. The number of hydrogen-bond donors (Lipinski definition) is 1. The molecule has 0 radical (unpaired) electrons. The summed E-state index contributed by atoms with van der Waals surface area (Å²) in [7, 11) is 0. The van der Waals surface area contributed by atoms with E-state index < -0.39 is 0 Å². The largest absolute Gasteiger partial charge is 0.454 e. The molecule has 2 aliphatic rings. The van der Waals surface area contributed by atoms with Crippen LogP contribution in [0.3, 0.4) is 0 Å². The summed E-state index contributed by atoms with van der Waals surface area (Å²) in [5, 5.41) is 3.31. The third-order valence-corrected chi connectivity index (χ3v) is 4.28. The molecule has 0 aliphatic carbocycles. The number of aromatic nitrogens is 2. The fourth-order valence-corrected chi connectivity index (χ4v) is 3.11. The molecule has 2 aliphatic heterocycles. The van der Waals surface area contributed by atoms with Gasteiger partial charge in [0.15, 0.2) is 11.5 Å². The van der Waals surface area contributed by atoms with Crippen LogP contribution in [0.5, 0.6) is 11.5 Å². The summed E-state index contributed by atoms with van der Waals surface area (Å²) in [6.45, 7) is 4.69. The van der Waals surface area contributed by atoms with Crippen LogP contribution in [0.2, 0.25) is 0 Å². The van der Waals surface area contributed by atoms with Crippen LogP contribution < -0.4 is 19.7 Å². The van der Waals surface area contributed by atoms with Gasteiger partial charge < -0.3 is 19.7 Å². The molecule has 23 heavy (non-hydrogen) atoms. The second kappa shape index (κ2) is 5.95. The van der Waals surface area contributed by atoms with Crippen molar-refractivity contribution < 1.29 is 9.47 Å². The number of fused-ring (bicyclic) bond motifs is 1. The molecule has 1 saturated heterocycles. The van der Waals surface area contributed by atoms with Crippen molar-refractivity contribution in [1.29, 1.82) is 0 Å². The van der Waals surface area contributed by atoms with Gasteiger partial charge in [0, 0.05) is 30.9 Å². The molecule has 1 aromatic carbocycles. The van der Waals surface area contributed by atoms with Gasteiger partial charge in [-0.1, -0.05) is 6.92 Å². The lowest BCUT2D eigenvalue weighted by Gasteiger charge is -2.31. The lowest BCUT2D eigenvalue weighted by Crippen LogP contribution is -2.34. The Morgan fingerprint density at radius 2 is 2.09 bits per heavy atom.